The molecule has 5 nitrogen and oxygen atoms in total. The number of aryl methyl sites for hydroxylation is 3. The molecule has 6 heteroatoms. The van der Waals surface area contributed by atoms with E-state index < -0.39 is 10.0 Å². The van der Waals surface area contributed by atoms with Gasteiger partial charge in [-0.05, 0) is 85.8 Å². The zero-order valence-electron chi connectivity index (χ0n) is 17.1. The number of benzene rings is 3. The summed E-state index contributed by atoms with van der Waals surface area (Å²) in [6.45, 7) is 4.41. The summed E-state index contributed by atoms with van der Waals surface area (Å²) >= 11 is 0. The van der Waals surface area contributed by atoms with Gasteiger partial charge in [0.15, 0.2) is 0 Å². The number of amides is 1. The van der Waals surface area contributed by atoms with Crippen molar-refractivity contribution in [1.29, 1.82) is 0 Å². The quantitative estimate of drug-likeness (QED) is 0.665. The highest BCUT2D eigenvalue weighted by molar-refractivity contribution is 7.92. The Bertz CT molecular complexity index is 1180. The predicted molar refractivity (Wildman–Crippen MR) is 120 cm³/mol. The van der Waals surface area contributed by atoms with Crippen LogP contribution in [0.15, 0.2) is 71.6 Å². The molecule has 3 aromatic rings. The molecule has 0 radical (unpaired) electrons. The first kappa shape index (κ1) is 20.2. The fraction of sp³-hybridized carbons (Fsp3) is 0.208. The van der Waals surface area contributed by atoms with E-state index in [0.29, 0.717) is 24.2 Å². The van der Waals surface area contributed by atoms with E-state index in [2.05, 4.69) is 11.4 Å². The van der Waals surface area contributed by atoms with Crippen LogP contribution < -0.4 is 9.62 Å². The number of nitrogens with zero attached hydrogens (tertiary/aromatic N) is 1. The van der Waals surface area contributed by atoms with Gasteiger partial charge in [0, 0.05) is 17.8 Å². The van der Waals surface area contributed by atoms with Crippen LogP contribution in [0.2, 0.25) is 0 Å². The van der Waals surface area contributed by atoms with E-state index in [1.807, 2.05) is 26.0 Å². The fourth-order valence-corrected chi connectivity index (χ4v) is 5.49. The molecule has 0 saturated heterocycles. The Labute approximate surface area is 177 Å². The Kier molecular flexibility index (Phi) is 5.35. The lowest BCUT2D eigenvalue weighted by Crippen LogP contribution is -2.35. The SMILES string of the molecule is Cc1cc(C)cc(NC(=O)c2ccc3c(c2)CCCN3S(=O)(=O)c2ccccc2)c1. The van der Waals surface area contributed by atoms with Gasteiger partial charge >= 0.3 is 0 Å². The van der Waals surface area contributed by atoms with Crippen LogP contribution in [0, 0.1) is 13.8 Å². The molecule has 0 fully saturated rings. The Balaban J connectivity index is 1.63. The van der Waals surface area contributed by atoms with Gasteiger partial charge in [0.2, 0.25) is 0 Å². The van der Waals surface area contributed by atoms with Crippen LogP contribution in [0.5, 0.6) is 0 Å². The zero-order chi connectivity index (χ0) is 21.3. The lowest BCUT2D eigenvalue weighted by atomic mass is 10.0. The number of carbonyl (C=O) groups excluding carboxylic acids is 1. The van der Waals surface area contributed by atoms with E-state index in [1.165, 1.54) is 4.31 Å². The first-order valence-corrected chi connectivity index (χ1v) is 11.4. The number of fused-ring (bicyclic) bond motifs is 1. The first-order chi connectivity index (χ1) is 14.3. The standard InChI is InChI=1S/C24H24N2O3S/c1-17-13-18(2)15-21(14-17)25-24(27)20-10-11-23-19(16-20)7-6-12-26(23)30(28,29)22-8-4-3-5-9-22/h3-5,8-11,13-16H,6-7,12H2,1-2H3,(H,25,27). The average molecular weight is 421 g/mol. The highest BCUT2D eigenvalue weighted by Crippen LogP contribution is 2.33. The summed E-state index contributed by atoms with van der Waals surface area (Å²) in [4.78, 5) is 13.1. The normalized spacial score (nSPS) is 13.6. The first-order valence-electron chi connectivity index (χ1n) is 9.95. The molecule has 1 amide bonds. The lowest BCUT2D eigenvalue weighted by molar-refractivity contribution is 0.102. The number of hydrogen-bond acceptors (Lipinski definition) is 3. The van der Waals surface area contributed by atoms with Gasteiger partial charge in [0.1, 0.15) is 0 Å². The highest BCUT2D eigenvalue weighted by Gasteiger charge is 2.29. The van der Waals surface area contributed by atoms with Crippen LogP contribution in [0.1, 0.15) is 33.5 Å². The van der Waals surface area contributed by atoms with Crippen molar-refractivity contribution < 1.29 is 13.2 Å². The molecule has 0 aliphatic carbocycles. The van der Waals surface area contributed by atoms with Crippen molar-refractivity contribution in [3.05, 3.63) is 89.0 Å². The molecule has 0 bridgehead atoms. The monoisotopic (exact) mass is 420 g/mol. The van der Waals surface area contributed by atoms with Gasteiger partial charge in [0.25, 0.3) is 15.9 Å². The number of carbonyl (C=O) groups is 1. The second kappa shape index (κ2) is 7.95. The van der Waals surface area contributed by atoms with Crippen LogP contribution in [0.25, 0.3) is 0 Å². The molecule has 0 unspecified atom stereocenters. The van der Waals surface area contributed by atoms with Crippen molar-refractivity contribution >= 4 is 27.3 Å². The molecule has 154 valence electrons. The molecule has 4 rings (SSSR count). The van der Waals surface area contributed by atoms with Crippen molar-refractivity contribution in [2.24, 2.45) is 0 Å². The van der Waals surface area contributed by atoms with Crippen molar-refractivity contribution in [2.45, 2.75) is 31.6 Å². The third kappa shape index (κ3) is 3.96. The topological polar surface area (TPSA) is 66.5 Å². The lowest BCUT2D eigenvalue weighted by Gasteiger charge is -2.30. The third-order valence-corrected chi connectivity index (χ3v) is 7.06. The van der Waals surface area contributed by atoms with Gasteiger partial charge < -0.3 is 5.32 Å². The fourth-order valence-electron chi connectivity index (χ4n) is 3.92. The molecule has 1 heterocycles. The van der Waals surface area contributed by atoms with Crippen LogP contribution in [0.4, 0.5) is 11.4 Å². The number of sulfonamides is 1. The Morgan fingerprint density at radius 3 is 2.33 bits per heavy atom. The molecular weight excluding hydrogens is 396 g/mol. The molecule has 0 atom stereocenters. The molecule has 0 saturated carbocycles. The van der Waals surface area contributed by atoms with Crippen molar-refractivity contribution in [1.82, 2.24) is 0 Å². The van der Waals surface area contributed by atoms with Gasteiger partial charge in [-0.25, -0.2) is 8.42 Å². The molecule has 1 aliphatic heterocycles. The van der Waals surface area contributed by atoms with E-state index in [-0.39, 0.29) is 10.8 Å². The number of hydrogen-bond donors (Lipinski definition) is 1. The smallest absolute Gasteiger partial charge is 0.264 e. The molecule has 3 aromatic carbocycles. The average Bonchev–Trinajstić information content (AvgIpc) is 2.72. The Hall–Kier alpha value is -3.12. The van der Waals surface area contributed by atoms with Gasteiger partial charge in [0.05, 0.1) is 10.6 Å². The largest absolute Gasteiger partial charge is 0.322 e. The second-order valence-corrected chi connectivity index (χ2v) is 9.53. The van der Waals surface area contributed by atoms with Crippen molar-refractivity contribution in [2.75, 3.05) is 16.2 Å². The minimum atomic E-state index is -3.63. The van der Waals surface area contributed by atoms with Crippen LogP contribution in [0.3, 0.4) is 0 Å². The van der Waals surface area contributed by atoms with Crippen LogP contribution in [-0.4, -0.2) is 20.9 Å². The molecule has 1 N–H and O–H groups in total. The summed E-state index contributed by atoms with van der Waals surface area (Å²) in [5.74, 6) is -0.203. The van der Waals surface area contributed by atoms with Crippen LogP contribution >= 0.6 is 0 Å². The van der Waals surface area contributed by atoms with E-state index in [4.69, 9.17) is 0 Å². The summed E-state index contributed by atoms with van der Waals surface area (Å²) < 4.78 is 27.7. The van der Waals surface area contributed by atoms with E-state index in [0.717, 1.165) is 28.8 Å². The maximum Gasteiger partial charge on any atom is 0.264 e. The van der Waals surface area contributed by atoms with E-state index in [1.54, 1.807) is 48.5 Å². The summed E-state index contributed by atoms with van der Waals surface area (Å²) in [5, 5.41) is 2.94. The molecule has 0 aromatic heterocycles. The van der Waals surface area contributed by atoms with Gasteiger partial charge in [-0.1, -0.05) is 24.3 Å². The minimum absolute atomic E-state index is 0.203. The summed E-state index contributed by atoms with van der Waals surface area (Å²) in [6, 6.07) is 19.6. The maximum absolute atomic E-state index is 13.1. The second-order valence-electron chi connectivity index (χ2n) is 7.67. The predicted octanol–water partition coefficient (Wildman–Crippen LogP) is 4.70. The van der Waals surface area contributed by atoms with Crippen molar-refractivity contribution in [3.63, 3.8) is 0 Å². The Morgan fingerprint density at radius 1 is 0.933 bits per heavy atom. The third-order valence-electron chi connectivity index (χ3n) is 5.23. The maximum atomic E-state index is 13.1. The summed E-state index contributed by atoms with van der Waals surface area (Å²) in [6.07, 6.45) is 1.45. The highest BCUT2D eigenvalue weighted by atomic mass is 32.2. The van der Waals surface area contributed by atoms with Gasteiger partial charge in [-0.2, -0.15) is 0 Å². The molecule has 0 spiro atoms. The molecule has 30 heavy (non-hydrogen) atoms. The van der Waals surface area contributed by atoms with Crippen molar-refractivity contribution in [3.8, 4) is 0 Å². The summed E-state index contributed by atoms with van der Waals surface area (Å²) in [7, 11) is -3.63. The van der Waals surface area contributed by atoms with Gasteiger partial charge in [-0.3, -0.25) is 9.10 Å². The van der Waals surface area contributed by atoms with E-state index in [9.17, 15) is 13.2 Å². The van der Waals surface area contributed by atoms with Gasteiger partial charge in [-0.15, -0.1) is 0 Å². The zero-order valence-corrected chi connectivity index (χ0v) is 17.9. The van der Waals surface area contributed by atoms with Crippen LogP contribution in [-0.2, 0) is 16.4 Å². The number of rotatable bonds is 4. The van der Waals surface area contributed by atoms with E-state index >= 15 is 0 Å². The molecule has 1 aliphatic rings. The number of anilines is 2. The molecular formula is C24H24N2O3S. The number of nitrogens with one attached hydrogen (secondary N) is 1. The Morgan fingerprint density at radius 2 is 1.63 bits per heavy atom. The minimum Gasteiger partial charge on any atom is -0.322 e. The summed E-state index contributed by atoms with van der Waals surface area (Å²) in [5.41, 5.74) is 4.95.